The van der Waals surface area contributed by atoms with Crippen molar-refractivity contribution in [3.63, 3.8) is 0 Å². The van der Waals surface area contributed by atoms with Crippen LogP contribution in [-0.2, 0) is 6.42 Å². The van der Waals surface area contributed by atoms with E-state index in [1.165, 1.54) is 4.88 Å². The molecule has 7 heteroatoms. The zero-order valence-corrected chi connectivity index (χ0v) is 13.7. The highest BCUT2D eigenvalue weighted by atomic mass is 79.9. The summed E-state index contributed by atoms with van der Waals surface area (Å²) in [5.41, 5.74) is 0. The molecule has 0 saturated carbocycles. The smallest absolute Gasteiger partial charge is 0.150 e. The van der Waals surface area contributed by atoms with Crippen LogP contribution < -0.4 is 5.32 Å². The first-order valence-corrected chi connectivity index (χ1v) is 7.80. The van der Waals surface area contributed by atoms with Gasteiger partial charge in [-0.15, -0.1) is 11.3 Å². The molecular weight excluding hydrogens is 378 g/mol. The minimum absolute atomic E-state index is 0.252. The third kappa shape index (κ3) is 3.75. The quantitative estimate of drug-likeness (QED) is 0.700. The third-order valence-electron chi connectivity index (χ3n) is 2.18. The zero-order valence-electron chi connectivity index (χ0n) is 9.01. The van der Waals surface area contributed by atoms with E-state index in [1.54, 1.807) is 17.4 Å². The van der Waals surface area contributed by atoms with E-state index in [0.717, 1.165) is 16.8 Å². The first-order valence-electron chi connectivity index (χ1n) is 5.06. The van der Waals surface area contributed by atoms with E-state index in [1.807, 2.05) is 6.07 Å². The Kier molecular flexibility index (Phi) is 5.15. The molecule has 2 nitrogen and oxygen atoms in total. The lowest BCUT2D eigenvalue weighted by Gasteiger charge is -2.07. The van der Waals surface area contributed by atoms with Crippen LogP contribution >= 0.6 is 62.1 Å². The molecule has 0 bridgehead atoms. The number of rotatable bonds is 4. The second-order valence-corrected chi connectivity index (χ2v) is 7.19. The summed E-state index contributed by atoms with van der Waals surface area (Å²) in [4.78, 5) is 5.38. The highest BCUT2D eigenvalue weighted by Crippen LogP contribution is 2.29. The van der Waals surface area contributed by atoms with Gasteiger partial charge in [0.05, 0.1) is 13.8 Å². The van der Waals surface area contributed by atoms with E-state index in [-0.39, 0.29) is 5.15 Å². The molecule has 0 amide bonds. The molecule has 2 aromatic heterocycles. The molecule has 0 spiro atoms. The number of hydrogen-bond donors (Lipinski definition) is 1. The Morgan fingerprint density at radius 1 is 1.22 bits per heavy atom. The lowest BCUT2D eigenvalue weighted by molar-refractivity contribution is 1.03. The molecule has 0 aliphatic heterocycles. The van der Waals surface area contributed by atoms with Gasteiger partial charge in [-0.2, -0.15) is 0 Å². The maximum atomic E-state index is 6.01. The SMILES string of the molecule is Clc1cc(Cl)c(NCCc2ccc(Br)s2)nc1Cl. The molecular formula is C11H8BrCl3N2S. The van der Waals surface area contributed by atoms with Gasteiger partial charge in [-0.1, -0.05) is 34.8 Å². The summed E-state index contributed by atoms with van der Waals surface area (Å²) in [6, 6.07) is 5.70. The van der Waals surface area contributed by atoms with E-state index >= 15 is 0 Å². The van der Waals surface area contributed by atoms with Crippen LogP contribution in [0.5, 0.6) is 0 Å². The molecule has 0 atom stereocenters. The Morgan fingerprint density at radius 2 is 2.00 bits per heavy atom. The van der Waals surface area contributed by atoms with Crippen LogP contribution in [-0.4, -0.2) is 11.5 Å². The van der Waals surface area contributed by atoms with E-state index < -0.39 is 0 Å². The van der Waals surface area contributed by atoms with Crippen molar-refractivity contribution in [1.82, 2.24) is 4.98 Å². The second-order valence-electron chi connectivity index (χ2n) is 3.47. The van der Waals surface area contributed by atoms with Gasteiger partial charge in [-0.25, -0.2) is 4.98 Å². The lowest BCUT2D eigenvalue weighted by Crippen LogP contribution is -2.06. The molecule has 0 unspecified atom stereocenters. The number of anilines is 1. The van der Waals surface area contributed by atoms with Crippen molar-refractivity contribution >= 4 is 67.9 Å². The third-order valence-corrected chi connectivity index (χ3v) is 4.82. The first-order chi connectivity index (χ1) is 8.56. The highest BCUT2D eigenvalue weighted by Gasteiger charge is 2.07. The van der Waals surface area contributed by atoms with E-state index in [9.17, 15) is 0 Å². The maximum Gasteiger partial charge on any atom is 0.150 e. The largest absolute Gasteiger partial charge is 0.368 e. The summed E-state index contributed by atoms with van der Waals surface area (Å²) in [6.07, 6.45) is 0.897. The first kappa shape index (κ1) is 14.4. The Balaban J connectivity index is 1.96. The molecule has 0 aromatic carbocycles. The van der Waals surface area contributed by atoms with Crippen LogP contribution in [0.1, 0.15) is 4.88 Å². The van der Waals surface area contributed by atoms with Gasteiger partial charge in [-0.3, -0.25) is 0 Å². The number of nitrogens with one attached hydrogen (secondary N) is 1. The van der Waals surface area contributed by atoms with Crippen LogP contribution in [0.25, 0.3) is 0 Å². The average molecular weight is 387 g/mol. The number of pyridine rings is 1. The van der Waals surface area contributed by atoms with Crippen molar-refractivity contribution in [2.24, 2.45) is 0 Å². The van der Waals surface area contributed by atoms with Crippen LogP contribution in [0.15, 0.2) is 22.0 Å². The maximum absolute atomic E-state index is 6.01. The summed E-state index contributed by atoms with van der Waals surface area (Å²) >= 11 is 22.8. The van der Waals surface area contributed by atoms with Gasteiger partial charge in [0.15, 0.2) is 0 Å². The summed E-state index contributed by atoms with van der Waals surface area (Å²) in [5, 5.41) is 4.22. The Labute approximate surface area is 132 Å². The molecule has 18 heavy (non-hydrogen) atoms. The molecule has 0 radical (unpaired) electrons. The van der Waals surface area contributed by atoms with Crippen LogP contribution in [0.2, 0.25) is 15.2 Å². The van der Waals surface area contributed by atoms with Crippen molar-refractivity contribution in [3.8, 4) is 0 Å². The minimum atomic E-state index is 0.252. The fourth-order valence-corrected chi connectivity index (χ4v) is 3.41. The van der Waals surface area contributed by atoms with Crippen molar-refractivity contribution in [3.05, 3.63) is 42.1 Å². The Hall–Kier alpha value is -0.0000000000000000555. The summed E-state index contributed by atoms with van der Waals surface area (Å²) in [7, 11) is 0. The van der Waals surface area contributed by atoms with Gasteiger partial charge >= 0.3 is 0 Å². The molecule has 2 heterocycles. The van der Waals surface area contributed by atoms with Gasteiger partial charge in [0.25, 0.3) is 0 Å². The highest BCUT2D eigenvalue weighted by molar-refractivity contribution is 9.11. The molecule has 0 aliphatic carbocycles. The van der Waals surface area contributed by atoms with E-state index in [2.05, 4.69) is 32.3 Å². The van der Waals surface area contributed by atoms with E-state index in [4.69, 9.17) is 34.8 Å². The van der Waals surface area contributed by atoms with Gasteiger partial charge < -0.3 is 5.32 Å². The molecule has 0 fully saturated rings. The number of nitrogens with zero attached hydrogens (tertiary/aromatic N) is 1. The number of aromatic nitrogens is 1. The molecule has 96 valence electrons. The van der Waals surface area contributed by atoms with Crippen LogP contribution in [0.4, 0.5) is 5.82 Å². The van der Waals surface area contributed by atoms with Gasteiger partial charge in [0.2, 0.25) is 0 Å². The predicted octanol–water partition coefficient (Wildman–Crippen LogP) is 5.52. The van der Waals surface area contributed by atoms with Crippen LogP contribution in [0, 0.1) is 0 Å². The standard InChI is InChI=1S/C11H8BrCl3N2S/c12-9-2-1-6(18-9)3-4-16-11-8(14)5-7(13)10(15)17-11/h1-2,5H,3-4H2,(H,16,17). The van der Waals surface area contributed by atoms with Crippen LogP contribution in [0.3, 0.4) is 0 Å². The second kappa shape index (κ2) is 6.44. The monoisotopic (exact) mass is 384 g/mol. The van der Waals surface area contributed by atoms with E-state index in [0.29, 0.717) is 15.9 Å². The topological polar surface area (TPSA) is 24.9 Å². The fraction of sp³-hybridized carbons (Fsp3) is 0.182. The van der Waals surface area contributed by atoms with Gasteiger partial charge in [0.1, 0.15) is 11.0 Å². The number of halogens is 4. The van der Waals surface area contributed by atoms with Crippen molar-refractivity contribution < 1.29 is 0 Å². The van der Waals surface area contributed by atoms with Crippen molar-refractivity contribution in [1.29, 1.82) is 0 Å². The molecule has 0 saturated heterocycles. The molecule has 2 rings (SSSR count). The fourth-order valence-electron chi connectivity index (χ4n) is 1.36. The number of hydrogen-bond acceptors (Lipinski definition) is 3. The van der Waals surface area contributed by atoms with Crippen molar-refractivity contribution in [2.75, 3.05) is 11.9 Å². The van der Waals surface area contributed by atoms with Crippen molar-refractivity contribution in [2.45, 2.75) is 6.42 Å². The normalized spacial score (nSPS) is 10.7. The molecule has 2 aromatic rings. The summed E-state index contributed by atoms with van der Waals surface area (Å²) in [5.74, 6) is 0.557. The number of thiophene rings is 1. The Morgan fingerprint density at radius 3 is 2.67 bits per heavy atom. The average Bonchev–Trinajstić information content (AvgIpc) is 2.71. The summed E-state index contributed by atoms with van der Waals surface area (Å²) in [6.45, 7) is 0.734. The lowest BCUT2D eigenvalue weighted by atomic mass is 10.3. The minimum Gasteiger partial charge on any atom is -0.368 e. The van der Waals surface area contributed by atoms with Gasteiger partial charge in [0, 0.05) is 11.4 Å². The predicted molar refractivity (Wildman–Crippen MR) is 83.5 cm³/mol. The molecule has 0 aliphatic rings. The molecule has 1 N–H and O–H groups in total. The van der Waals surface area contributed by atoms with Gasteiger partial charge in [-0.05, 0) is 40.5 Å². The summed E-state index contributed by atoms with van der Waals surface area (Å²) < 4.78 is 1.13. The zero-order chi connectivity index (χ0) is 13.1. The Bertz CT molecular complexity index is 559.